The second kappa shape index (κ2) is 5.78. The Kier molecular flexibility index (Phi) is 4.62. The number of nitrogens with one attached hydrogen (secondary N) is 1. The Balaban J connectivity index is 2.29. The van der Waals surface area contributed by atoms with Gasteiger partial charge in [0.05, 0.1) is 0 Å². The minimum absolute atomic E-state index is 0.0587. The van der Waals surface area contributed by atoms with Crippen molar-refractivity contribution in [2.45, 2.75) is 19.4 Å². The van der Waals surface area contributed by atoms with E-state index in [9.17, 15) is 4.79 Å². The summed E-state index contributed by atoms with van der Waals surface area (Å²) in [4.78, 5) is 12.4. The van der Waals surface area contributed by atoms with E-state index in [1.807, 2.05) is 18.4 Å². The van der Waals surface area contributed by atoms with Crippen LogP contribution in [-0.4, -0.2) is 25.7 Å². The lowest BCUT2D eigenvalue weighted by atomic mass is 10.2. The van der Waals surface area contributed by atoms with Gasteiger partial charge >= 0.3 is 0 Å². The maximum atomic E-state index is 11.1. The molecule has 78 valence electrons. The first kappa shape index (κ1) is 11.2. The highest BCUT2D eigenvalue weighted by Gasteiger charge is 2.07. The molecule has 0 saturated heterocycles. The third kappa shape index (κ3) is 3.89. The lowest BCUT2D eigenvalue weighted by molar-refractivity contribution is -0.125. The fraction of sp³-hybridized carbons (Fsp3) is 0.500. The standard InChI is InChI=1S/C10H15NO2S/c1-8(11-10(12)7-13-2)6-9-4-3-5-14-9/h3-5,8H,6-7H2,1-2H3,(H,11,12)/t8-/m0/s1. The molecule has 1 aromatic rings. The molecule has 0 unspecified atom stereocenters. The van der Waals surface area contributed by atoms with Crippen LogP contribution in [0.1, 0.15) is 11.8 Å². The number of carbonyl (C=O) groups is 1. The molecule has 0 spiro atoms. The van der Waals surface area contributed by atoms with Crippen molar-refractivity contribution in [2.75, 3.05) is 13.7 Å². The monoisotopic (exact) mass is 213 g/mol. The minimum Gasteiger partial charge on any atom is -0.375 e. The fourth-order valence-corrected chi connectivity index (χ4v) is 2.06. The molecule has 0 fully saturated rings. The highest BCUT2D eigenvalue weighted by atomic mass is 32.1. The molecule has 0 aliphatic heterocycles. The molecule has 3 nitrogen and oxygen atoms in total. The van der Waals surface area contributed by atoms with E-state index in [0.717, 1.165) is 6.42 Å². The van der Waals surface area contributed by atoms with E-state index < -0.39 is 0 Å². The highest BCUT2D eigenvalue weighted by Crippen LogP contribution is 2.10. The van der Waals surface area contributed by atoms with Crippen molar-refractivity contribution in [1.29, 1.82) is 0 Å². The van der Waals surface area contributed by atoms with Crippen LogP contribution < -0.4 is 5.32 Å². The molecule has 14 heavy (non-hydrogen) atoms. The van der Waals surface area contributed by atoms with Crippen molar-refractivity contribution in [3.63, 3.8) is 0 Å². The molecule has 4 heteroatoms. The van der Waals surface area contributed by atoms with Gasteiger partial charge in [-0.3, -0.25) is 4.79 Å². The molecular formula is C10H15NO2S. The molecule has 0 saturated carbocycles. The molecule has 0 aromatic carbocycles. The molecule has 1 aromatic heterocycles. The molecule has 1 atom stereocenters. The Hall–Kier alpha value is -0.870. The summed E-state index contributed by atoms with van der Waals surface area (Å²) in [6.45, 7) is 2.13. The molecule has 0 aliphatic carbocycles. The molecule has 1 heterocycles. The zero-order chi connectivity index (χ0) is 10.4. The predicted molar refractivity (Wildman–Crippen MR) is 57.5 cm³/mol. The Bertz CT molecular complexity index is 272. The summed E-state index contributed by atoms with van der Waals surface area (Å²) in [6, 6.07) is 4.25. The first-order valence-corrected chi connectivity index (χ1v) is 5.41. The second-order valence-corrected chi connectivity index (χ2v) is 4.22. The molecule has 1 rings (SSSR count). The normalized spacial score (nSPS) is 12.4. The van der Waals surface area contributed by atoms with Crippen LogP contribution in [0.2, 0.25) is 0 Å². The Labute approximate surface area is 88.1 Å². The molecule has 0 radical (unpaired) electrons. The number of amides is 1. The number of ether oxygens (including phenoxy) is 1. The summed E-state index contributed by atoms with van der Waals surface area (Å²) in [6.07, 6.45) is 0.882. The van der Waals surface area contributed by atoms with Gasteiger partial charge in [-0.2, -0.15) is 0 Å². The van der Waals surface area contributed by atoms with Crippen LogP contribution in [0.15, 0.2) is 17.5 Å². The maximum absolute atomic E-state index is 11.1. The summed E-state index contributed by atoms with van der Waals surface area (Å²) in [7, 11) is 1.52. The van der Waals surface area contributed by atoms with Gasteiger partial charge in [0.15, 0.2) is 0 Å². The quantitative estimate of drug-likeness (QED) is 0.803. The molecule has 0 aliphatic rings. The smallest absolute Gasteiger partial charge is 0.246 e. The van der Waals surface area contributed by atoms with Crippen LogP contribution in [0.4, 0.5) is 0 Å². The third-order valence-electron chi connectivity index (χ3n) is 1.77. The van der Waals surface area contributed by atoms with Gasteiger partial charge in [-0.15, -0.1) is 11.3 Å². The van der Waals surface area contributed by atoms with Crippen LogP contribution in [0.25, 0.3) is 0 Å². The lowest BCUT2D eigenvalue weighted by Crippen LogP contribution is -2.36. The number of carbonyl (C=O) groups excluding carboxylic acids is 1. The van der Waals surface area contributed by atoms with Crippen molar-refractivity contribution >= 4 is 17.2 Å². The van der Waals surface area contributed by atoms with E-state index in [2.05, 4.69) is 11.4 Å². The average molecular weight is 213 g/mol. The maximum Gasteiger partial charge on any atom is 0.246 e. The third-order valence-corrected chi connectivity index (χ3v) is 2.67. The van der Waals surface area contributed by atoms with Crippen molar-refractivity contribution in [3.05, 3.63) is 22.4 Å². The Morgan fingerprint density at radius 3 is 3.07 bits per heavy atom. The van der Waals surface area contributed by atoms with Crippen LogP contribution in [0.5, 0.6) is 0 Å². The Morgan fingerprint density at radius 2 is 2.50 bits per heavy atom. The van der Waals surface area contributed by atoms with Crippen LogP contribution in [-0.2, 0) is 16.0 Å². The number of rotatable bonds is 5. The topological polar surface area (TPSA) is 38.3 Å². The van der Waals surface area contributed by atoms with Gasteiger partial charge in [-0.1, -0.05) is 6.07 Å². The predicted octanol–water partition coefficient (Wildman–Crippen LogP) is 1.44. The van der Waals surface area contributed by atoms with E-state index >= 15 is 0 Å². The van der Waals surface area contributed by atoms with Crippen molar-refractivity contribution in [2.24, 2.45) is 0 Å². The fourth-order valence-electron chi connectivity index (χ4n) is 1.23. The van der Waals surface area contributed by atoms with Crippen molar-refractivity contribution in [1.82, 2.24) is 5.32 Å². The number of thiophene rings is 1. The summed E-state index contributed by atoms with van der Waals surface area (Å²) >= 11 is 1.71. The zero-order valence-electron chi connectivity index (χ0n) is 8.45. The van der Waals surface area contributed by atoms with Gasteiger partial charge in [0.25, 0.3) is 0 Å². The largest absolute Gasteiger partial charge is 0.375 e. The van der Waals surface area contributed by atoms with Crippen molar-refractivity contribution < 1.29 is 9.53 Å². The first-order chi connectivity index (χ1) is 6.72. The average Bonchev–Trinajstić information content (AvgIpc) is 2.56. The first-order valence-electron chi connectivity index (χ1n) is 4.53. The lowest BCUT2D eigenvalue weighted by Gasteiger charge is -2.12. The van der Waals surface area contributed by atoms with Crippen LogP contribution >= 0.6 is 11.3 Å². The summed E-state index contributed by atoms with van der Waals surface area (Å²) in [5.41, 5.74) is 0. The Morgan fingerprint density at radius 1 is 1.71 bits per heavy atom. The van der Waals surface area contributed by atoms with Gasteiger partial charge in [-0.25, -0.2) is 0 Å². The summed E-state index contributed by atoms with van der Waals surface area (Å²) in [5, 5.41) is 4.90. The molecule has 1 N–H and O–H groups in total. The van der Waals surface area contributed by atoms with Gasteiger partial charge in [0.2, 0.25) is 5.91 Å². The second-order valence-electron chi connectivity index (χ2n) is 3.19. The van der Waals surface area contributed by atoms with E-state index in [-0.39, 0.29) is 18.6 Å². The van der Waals surface area contributed by atoms with E-state index in [4.69, 9.17) is 4.74 Å². The number of hydrogen-bond acceptors (Lipinski definition) is 3. The molecular weight excluding hydrogens is 198 g/mol. The summed E-state index contributed by atoms with van der Waals surface area (Å²) < 4.78 is 4.73. The van der Waals surface area contributed by atoms with Crippen LogP contribution in [0.3, 0.4) is 0 Å². The SMILES string of the molecule is COCC(=O)N[C@@H](C)Cc1cccs1. The molecule has 1 amide bonds. The number of methoxy groups -OCH3 is 1. The van der Waals surface area contributed by atoms with E-state index in [1.165, 1.54) is 12.0 Å². The highest BCUT2D eigenvalue weighted by molar-refractivity contribution is 7.09. The summed E-state index contributed by atoms with van der Waals surface area (Å²) in [5.74, 6) is -0.0587. The van der Waals surface area contributed by atoms with E-state index in [1.54, 1.807) is 11.3 Å². The molecule has 0 bridgehead atoms. The van der Waals surface area contributed by atoms with Crippen LogP contribution in [0, 0.1) is 0 Å². The van der Waals surface area contributed by atoms with Crippen molar-refractivity contribution in [3.8, 4) is 0 Å². The zero-order valence-corrected chi connectivity index (χ0v) is 9.26. The van der Waals surface area contributed by atoms with Gasteiger partial charge in [0, 0.05) is 24.4 Å². The van der Waals surface area contributed by atoms with E-state index in [0.29, 0.717) is 0 Å². The van der Waals surface area contributed by atoms with Gasteiger partial charge in [-0.05, 0) is 18.4 Å². The number of hydrogen-bond donors (Lipinski definition) is 1. The van der Waals surface area contributed by atoms with Gasteiger partial charge < -0.3 is 10.1 Å². The van der Waals surface area contributed by atoms with Gasteiger partial charge in [0.1, 0.15) is 6.61 Å². The minimum atomic E-state index is -0.0587.